The quantitative estimate of drug-likeness (QED) is 0.759. The van der Waals surface area contributed by atoms with E-state index in [-0.39, 0.29) is 5.91 Å². The fourth-order valence-corrected chi connectivity index (χ4v) is 2.64. The summed E-state index contributed by atoms with van der Waals surface area (Å²) >= 11 is 0. The maximum absolute atomic E-state index is 12.7. The van der Waals surface area contributed by atoms with Crippen LogP contribution >= 0.6 is 0 Å². The summed E-state index contributed by atoms with van der Waals surface area (Å²) in [4.78, 5) is 23.3. The molecule has 0 spiro atoms. The van der Waals surface area contributed by atoms with Gasteiger partial charge in [0.05, 0.1) is 0 Å². The lowest BCUT2D eigenvalue weighted by atomic mass is 10.1. The molecule has 0 atom stereocenters. The van der Waals surface area contributed by atoms with Gasteiger partial charge in [0, 0.05) is 24.5 Å². The first-order valence-corrected chi connectivity index (χ1v) is 8.47. The van der Waals surface area contributed by atoms with Crippen molar-refractivity contribution in [2.45, 2.75) is 20.8 Å². The SMILES string of the molecule is Cc1nc(C(=O)Nc2ccc(C)c(C)c2)cc(N(C)c2ccccc2)n1. The van der Waals surface area contributed by atoms with E-state index in [0.717, 1.165) is 16.9 Å². The van der Waals surface area contributed by atoms with Crippen LogP contribution in [0.4, 0.5) is 17.2 Å². The molecule has 3 rings (SSSR count). The molecule has 1 heterocycles. The molecule has 0 saturated carbocycles. The predicted octanol–water partition coefficient (Wildman–Crippen LogP) is 4.42. The normalized spacial score (nSPS) is 10.5. The molecule has 0 aliphatic carbocycles. The Kier molecular flexibility index (Phi) is 4.98. The molecule has 5 heteroatoms. The minimum absolute atomic E-state index is 0.249. The molecule has 132 valence electrons. The molecule has 0 saturated heterocycles. The van der Waals surface area contributed by atoms with Crippen LogP contribution in [0.1, 0.15) is 27.4 Å². The highest BCUT2D eigenvalue weighted by atomic mass is 16.1. The van der Waals surface area contributed by atoms with Gasteiger partial charge in [0.1, 0.15) is 17.3 Å². The third-order valence-electron chi connectivity index (χ3n) is 4.31. The van der Waals surface area contributed by atoms with Crippen LogP contribution in [0.2, 0.25) is 0 Å². The van der Waals surface area contributed by atoms with Gasteiger partial charge in [-0.2, -0.15) is 0 Å². The van der Waals surface area contributed by atoms with Crippen LogP contribution in [0.25, 0.3) is 0 Å². The molecular formula is C21H22N4O. The summed E-state index contributed by atoms with van der Waals surface area (Å²) in [5, 5.41) is 2.91. The Bertz CT molecular complexity index is 938. The maximum atomic E-state index is 12.7. The minimum Gasteiger partial charge on any atom is -0.329 e. The van der Waals surface area contributed by atoms with Gasteiger partial charge in [0.2, 0.25) is 0 Å². The van der Waals surface area contributed by atoms with Crippen LogP contribution in [0.3, 0.4) is 0 Å². The summed E-state index contributed by atoms with van der Waals surface area (Å²) in [6, 6.07) is 17.4. The van der Waals surface area contributed by atoms with Gasteiger partial charge < -0.3 is 10.2 Å². The predicted molar refractivity (Wildman–Crippen MR) is 105 cm³/mol. The van der Waals surface area contributed by atoms with Gasteiger partial charge in [-0.05, 0) is 56.2 Å². The smallest absolute Gasteiger partial charge is 0.274 e. The van der Waals surface area contributed by atoms with E-state index in [4.69, 9.17) is 0 Å². The van der Waals surface area contributed by atoms with Crippen molar-refractivity contribution in [1.29, 1.82) is 0 Å². The molecule has 0 aliphatic heterocycles. The van der Waals surface area contributed by atoms with Gasteiger partial charge in [-0.1, -0.05) is 24.3 Å². The Morgan fingerprint density at radius 3 is 2.35 bits per heavy atom. The van der Waals surface area contributed by atoms with Crippen molar-refractivity contribution in [3.8, 4) is 0 Å². The van der Waals surface area contributed by atoms with Crippen LogP contribution in [0, 0.1) is 20.8 Å². The molecule has 5 nitrogen and oxygen atoms in total. The largest absolute Gasteiger partial charge is 0.329 e. The summed E-state index contributed by atoms with van der Waals surface area (Å²) in [7, 11) is 1.92. The first-order chi connectivity index (χ1) is 12.4. The fourth-order valence-electron chi connectivity index (χ4n) is 2.64. The number of benzene rings is 2. The summed E-state index contributed by atoms with van der Waals surface area (Å²) in [6.07, 6.45) is 0. The van der Waals surface area contributed by atoms with Crippen LogP contribution in [0.15, 0.2) is 54.6 Å². The van der Waals surface area contributed by atoms with Gasteiger partial charge in [0.25, 0.3) is 5.91 Å². The van der Waals surface area contributed by atoms with Gasteiger partial charge >= 0.3 is 0 Å². The number of anilines is 3. The fraction of sp³-hybridized carbons (Fsp3) is 0.190. The Balaban J connectivity index is 1.87. The summed E-state index contributed by atoms with van der Waals surface area (Å²) in [6.45, 7) is 5.85. The zero-order valence-electron chi connectivity index (χ0n) is 15.4. The number of aromatic nitrogens is 2. The summed E-state index contributed by atoms with van der Waals surface area (Å²) < 4.78 is 0. The van der Waals surface area contributed by atoms with Crippen molar-refractivity contribution in [2.75, 3.05) is 17.3 Å². The zero-order chi connectivity index (χ0) is 18.7. The Morgan fingerprint density at radius 2 is 1.65 bits per heavy atom. The number of amides is 1. The molecular weight excluding hydrogens is 324 g/mol. The number of hydrogen-bond acceptors (Lipinski definition) is 4. The highest BCUT2D eigenvalue weighted by molar-refractivity contribution is 6.03. The second-order valence-electron chi connectivity index (χ2n) is 6.31. The van der Waals surface area contributed by atoms with E-state index in [1.54, 1.807) is 13.0 Å². The highest BCUT2D eigenvalue weighted by Gasteiger charge is 2.14. The van der Waals surface area contributed by atoms with E-state index in [9.17, 15) is 4.79 Å². The van der Waals surface area contributed by atoms with E-state index < -0.39 is 0 Å². The number of nitrogens with zero attached hydrogens (tertiary/aromatic N) is 3. The van der Waals surface area contributed by atoms with Crippen molar-refractivity contribution in [3.05, 3.63) is 77.2 Å². The summed E-state index contributed by atoms with van der Waals surface area (Å²) in [5.41, 5.74) is 4.41. The van der Waals surface area contributed by atoms with Crippen molar-refractivity contribution in [1.82, 2.24) is 9.97 Å². The molecule has 0 unspecified atom stereocenters. The van der Waals surface area contributed by atoms with Crippen molar-refractivity contribution in [2.24, 2.45) is 0 Å². The van der Waals surface area contributed by atoms with Crippen LogP contribution in [-0.4, -0.2) is 22.9 Å². The van der Waals surface area contributed by atoms with Crippen molar-refractivity contribution >= 4 is 23.1 Å². The molecule has 1 aromatic heterocycles. The molecule has 1 N–H and O–H groups in total. The number of nitrogens with one attached hydrogen (secondary N) is 1. The van der Waals surface area contributed by atoms with Gasteiger partial charge in [-0.25, -0.2) is 9.97 Å². The molecule has 3 aromatic rings. The Labute approximate surface area is 153 Å². The zero-order valence-corrected chi connectivity index (χ0v) is 15.4. The van der Waals surface area contributed by atoms with E-state index in [1.807, 2.05) is 74.3 Å². The van der Waals surface area contributed by atoms with E-state index in [2.05, 4.69) is 15.3 Å². The van der Waals surface area contributed by atoms with Crippen molar-refractivity contribution < 1.29 is 4.79 Å². The molecule has 0 fully saturated rings. The van der Waals surface area contributed by atoms with Gasteiger partial charge in [-0.15, -0.1) is 0 Å². The van der Waals surface area contributed by atoms with Crippen LogP contribution < -0.4 is 10.2 Å². The lowest BCUT2D eigenvalue weighted by Gasteiger charge is -2.19. The first kappa shape index (κ1) is 17.6. The number of rotatable bonds is 4. The first-order valence-electron chi connectivity index (χ1n) is 8.47. The molecule has 2 aromatic carbocycles. The molecule has 0 bridgehead atoms. The monoisotopic (exact) mass is 346 g/mol. The number of carbonyl (C=O) groups is 1. The molecule has 1 amide bonds. The van der Waals surface area contributed by atoms with Crippen molar-refractivity contribution in [3.63, 3.8) is 0 Å². The van der Waals surface area contributed by atoms with Gasteiger partial charge in [0.15, 0.2) is 0 Å². The van der Waals surface area contributed by atoms with Crippen LogP contribution in [-0.2, 0) is 0 Å². The second kappa shape index (κ2) is 7.35. The van der Waals surface area contributed by atoms with Gasteiger partial charge in [-0.3, -0.25) is 4.79 Å². The molecule has 26 heavy (non-hydrogen) atoms. The number of hydrogen-bond donors (Lipinski definition) is 1. The third-order valence-corrected chi connectivity index (χ3v) is 4.31. The highest BCUT2D eigenvalue weighted by Crippen LogP contribution is 2.22. The third kappa shape index (κ3) is 3.88. The number of para-hydroxylation sites is 1. The van der Waals surface area contributed by atoms with Crippen LogP contribution in [0.5, 0.6) is 0 Å². The Morgan fingerprint density at radius 1 is 0.923 bits per heavy atom. The topological polar surface area (TPSA) is 58.1 Å². The standard InChI is InChI=1S/C21H22N4O/c1-14-10-11-17(12-15(14)2)24-21(26)19-13-20(23-16(3)22-19)25(4)18-8-6-5-7-9-18/h5-13H,1-4H3,(H,24,26). The maximum Gasteiger partial charge on any atom is 0.274 e. The number of aryl methyl sites for hydroxylation is 3. The Hall–Kier alpha value is -3.21. The minimum atomic E-state index is -0.249. The van der Waals surface area contributed by atoms with E-state index >= 15 is 0 Å². The van der Waals surface area contributed by atoms with E-state index in [1.165, 1.54) is 5.56 Å². The lowest BCUT2D eigenvalue weighted by molar-refractivity contribution is 0.102. The average molecular weight is 346 g/mol. The lowest BCUT2D eigenvalue weighted by Crippen LogP contribution is -2.18. The summed E-state index contributed by atoms with van der Waals surface area (Å²) in [5.74, 6) is 0.978. The van der Waals surface area contributed by atoms with E-state index in [0.29, 0.717) is 17.3 Å². The molecule has 0 radical (unpaired) electrons. The molecule has 0 aliphatic rings. The second-order valence-corrected chi connectivity index (χ2v) is 6.31. The number of carbonyl (C=O) groups excluding carboxylic acids is 1. The average Bonchev–Trinajstić information content (AvgIpc) is 2.64.